The fourth-order valence-corrected chi connectivity index (χ4v) is 3.48. The van der Waals surface area contributed by atoms with E-state index in [0.717, 1.165) is 22.4 Å². The lowest BCUT2D eigenvalue weighted by atomic mass is 9.77. The lowest BCUT2D eigenvalue weighted by Crippen LogP contribution is -2.55. The van der Waals surface area contributed by atoms with Gasteiger partial charge in [0, 0.05) is 16.9 Å². The number of aliphatic hydroxyl groups excluding tert-OH is 1. The molecule has 0 radical (unpaired) electrons. The smallest absolute Gasteiger partial charge is 0.239 e. The Kier molecular flexibility index (Phi) is 5.13. The molecule has 1 aromatic heterocycles. The number of ether oxygens (including phenoxy) is 1. The van der Waals surface area contributed by atoms with E-state index in [9.17, 15) is 14.3 Å². The minimum Gasteiger partial charge on any atom is -0.390 e. The van der Waals surface area contributed by atoms with Crippen molar-refractivity contribution >= 4 is 11.6 Å². The third-order valence-electron chi connectivity index (χ3n) is 5.25. The predicted octanol–water partition coefficient (Wildman–Crippen LogP) is 3.60. The van der Waals surface area contributed by atoms with Gasteiger partial charge in [-0.2, -0.15) is 0 Å². The first-order chi connectivity index (χ1) is 14.0. The summed E-state index contributed by atoms with van der Waals surface area (Å²) in [6.45, 7) is 2.31. The minimum absolute atomic E-state index is 0.142. The van der Waals surface area contributed by atoms with Crippen molar-refractivity contribution in [3.8, 4) is 11.1 Å². The molecule has 1 fully saturated rings. The number of halogens is 1. The molecule has 2 heterocycles. The van der Waals surface area contributed by atoms with Crippen molar-refractivity contribution < 1.29 is 19.0 Å². The SMILES string of the molecule is Cc1ccc(-c2ccc(C3(C(=O)Nc4ccc(F)cc4)COC3)cc2)c(CO)n1. The maximum Gasteiger partial charge on any atom is 0.239 e. The molecule has 1 aliphatic heterocycles. The Labute approximate surface area is 168 Å². The van der Waals surface area contributed by atoms with Gasteiger partial charge in [-0.1, -0.05) is 30.3 Å². The van der Waals surface area contributed by atoms with Crippen LogP contribution in [0.5, 0.6) is 0 Å². The summed E-state index contributed by atoms with van der Waals surface area (Å²) >= 11 is 0. The molecule has 2 N–H and O–H groups in total. The molecule has 1 saturated heterocycles. The number of aryl methyl sites for hydroxylation is 1. The number of anilines is 1. The second-order valence-corrected chi connectivity index (χ2v) is 7.22. The van der Waals surface area contributed by atoms with Crippen LogP contribution in [-0.4, -0.2) is 29.2 Å². The summed E-state index contributed by atoms with van der Waals surface area (Å²) in [7, 11) is 0. The molecule has 1 amide bonds. The molecule has 0 bridgehead atoms. The maximum absolute atomic E-state index is 13.1. The number of benzene rings is 2. The number of nitrogens with one attached hydrogen (secondary N) is 1. The molecule has 0 atom stereocenters. The lowest BCUT2D eigenvalue weighted by Gasteiger charge is -2.40. The third-order valence-corrected chi connectivity index (χ3v) is 5.25. The van der Waals surface area contributed by atoms with Crippen LogP contribution in [0.25, 0.3) is 11.1 Å². The Morgan fingerprint density at radius 3 is 2.38 bits per heavy atom. The van der Waals surface area contributed by atoms with E-state index in [1.54, 1.807) is 0 Å². The average Bonchev–Trinajstić information content (AvgIpc) is 2.69. The van der Waals surface area contributed by atoms with Gasteiger partial charge in [-0.3, -0.25) is 9.78 Å². The van der Waals surface area contributed by atoms with Gasteiger partial charge in [-0.05, 0) is 48.4 Å². The highest BCUT2D eigenvalue weighted by molar-refractivity contribution is 6.00. The van der Waals surface area contributed by atoms with Crippen LogP contribution in [-0.2, 0) is 21.6 Å². The van der Waals surface area contributed by atoms with Crippen LogP contribution in [0.4, 0.5) is 10.1 Å². The molecule has 2 aromatic carbocycles. The largest absolute Gasteiger partial charge is 0.390 e. The number of hydrogen-bond acceptors (Lipinski definition) is 4. The van der Waals surface area contributed by atoms with Crippen LogP contribution < -0.4 is 5.32 Å². The zero-order valence-electron chi connectivity index (χ0n) is 16.0. The molecule has 5 nitrogen and oxygen atoms in total. The first kappa shape index (κ1) is 19.2. The first-order valence-corrected chi connectivity index (χ1v) is 9.35. The molecular formula is C23H21FN2O3. The molecule has 0 spiro atoms. The van der Waals surface area contributed by atoms with Crippen molar-refractivity contribution in [3.63, 3.8) is 0 Å². The molecular weight excluding hydrogens is 371 g/mol. The van der Waals surface area contributed by atoms with E-state index in [1.807, 2.05) is 43.3 Å². The summed E-state index contributed by atoms with van der Waals surface area (Å²) in [5.41, 5.74) is 3.85. The number of aliphatic hydroxyl groups is 1. The molecule has 1 aliphatic rings. The van der Waals surface area contributed by atoms with Gasteiger partial charge < -0.3 is 15.2 Å². The van der Waals surface area contributed by atoms with Crippen LogP contribution in [0.15, 0.2) is 60.7 Å². The number of nitrogens with zero attached hydrogens (tertiary/aromatic N) is 1. The number of pyridine rings is 1. The van der Waals surface area contributed by atoms with E-state index < -0.39 is 5.41 Å². The van der Waals surface area contributed by atoms with Crippen molar-refractivity contribution in [2.24, 2.45) is 0 Å². The normalized spacial score (nSPS) is 14.9. The fourth-order valence-electron chi connectivity index (χ4n) is 3.48. The van der Waals surface area contributed by atoms with Gasteiger partial charge in [0.15, 0.2) is 0 Å². The summed E-state index contributed by atoms with van der Waals surface area (Å²) in [6.07, 6.45) is 0. The van der Waals surface area contributed by atoms with E-state index in [-0.39, 0.29) is 31.5 Å². The van der Waals surface area contributed by atoms with Crippen molar-refractivity contribution in [2.75, 3.05) is 18.5 Å². The third kappa shape index (κ3) is 3.64. The fraction of sp³-hybridized carbons (Fsp3) is 0.217. The number of rotatable bonds is 5. The second kappa shape index (κ2) is 7.73. The molecule has 4 rings (SSSR count). The standard InChI is InChI=1S/C23H21FN2O3/c1-15-2-11-20(21(12-27)25-15)16-3-5-17(6-4-16)23(13-29-14-23)22(28)26-19-9-7-18(24)8-10-19/h2-11,27H,12-14H2,1H3,(H,26,28). The number of amides is 1. The van der Waals surface area contributed by atoms with Crippen LogP contribution in [0.1, 0.15) is 17.0 Å². The Morgan fingerprint density at radius 1 is 1.10 bits per heavy atom. The summed E-state index contributed by atoms with van der Waals surface area (Å²) in [5.74, 6) is -0.538. The zero-order valence-corrected chi connectivity index (χ0v) is 16.0. The molecule has 0 aliphatic carbocycles. The van der Waals surface area contributed by atoms with Gasteiger partial charge in [0.25, 0.3) is 0 Å². The van der Waals surface area contributed by atoms with E-state index in [0.29, 0.717) is 11.4 Å². The minimum atomic E-state index is -0.780. The Morgan fingerprint density at radius 2 is 1.79 bits per heavy atom. The summed E-state index contributed by atoms with van der Waals surface area (Å²) in [4.78, 5) is 17.4. The van der Waals surface area contributed by atoms with Gasteiger partial charge in [-0.25, -0.2) is 4.39 Å². The van der Waals surface area contributed by atoms with Crippen LogP contribution in [0.2, 0.25) is 0 Å². The molecule has 0 saturated carbocycles. The highest BCUT2D eigenvalue weighted by Gasteiger charge is 2.47. The Balaban J connectivity index is 1.60. The summed E-state index contributed by atoms with van der Waals surface area (Å²) in [6, 6.07) is 17.2. The van der Waals surface area contributed by atoms with Gasteiger partial charge in [0.05, 0.1) is 25.5 Å². The van der Waals surface area contributed by atoms with Crippen LogP contribution >= 0.6 is 0 Å². The molecule has 148 valence electrons. The average molecular weight is 392 g/mol. The Hall–Kier alpha value is -3.09. The van der Waals surface area contributed by atoms with Gasteiger partial charge >= 0.3 is 0 Å². The Bertz CT molecular complexity index is 1030. The molecule has 0 unspecified atom stereocenters. The van der Waals surface area contributed by atoms with E-state index >= 15 is 0 Å². The van der Waals surface area contributed by atoms with Crippen molar-refractivity contribution in [2.45, 2.75) is 18.9 Å². The van der Waals surface area contributed by atoms with Gasteiger partial charge in [0.1, 0.15) is 11.2 Å². The van der Waals surface area contributed by atoms with Crippen molar-refractivity contribution in [3.05, 3.63) is 83.4 Å². The van der Waals surface area contributed by atoms with Gasteiger partial charge in [-0.15, -0.1) is 0 Å². The molecule has 29 heavy (non-hydrogen) atoms. The van der Waals surface area contributed by atoms with Crippen LogP contribution in [0.3, 0.4) is 0 Å². The molecule has 3 aromatic rings. The first-order valence-electron chi connectivity index (χ1n) is 9.35. The van der Waals surface area contributed by atoms with E-state index in [4.69, 9.17) is 4.74 Å². The highest BCUT2D eigenvalue weighted by Crippen LogP contribution is 2.35. The molecule has 6 heteroatoms. The number of hydrogen-bond donors (Lipinski definition) is 2. The van der Waals surface area contributed by atoms with E-state index in [2.05, 4.69) is 10.3 Å². The van der Waals surface area contributed by atoms with Crippen LogP contribution in [0, 0.1) is 12.7 Å². The number of aromatic nitrogens is 1. The zero-order chi connectivity index (χ0) is 20.4. The number of carbonyl (C=O) groups excluding carboxylic acids is 1. The topological polar surface area (TPSA) is 71.5 Å². The second-order valence-electron chi connectivity index (χ2n) is 7.22. The summed E-state index contributed by atoms with van der Waals surface area (Å²) < 4.78 is 18.5. The lowest BCUT2D eigenvalue weighted by molar-refractivity contribution is -0.139. The van der Waals surface area contributed by atoms with Crippen molar-refractivity contribution in [1.29, 1.82) is 0 Å². The monoisotopic (exact) mass is 392 g/mol. The highest BCUT2D eigenvalue weighted by atomic mass is 19.1. The quantitative estimate of drug-likeness (QED) is 0.696. The summed E-state index contributed by atoms with van der Waals surface area (Å²) in [5, 5.41) is 12.5. The van der Waals surface area contributed by atoms with Gasteiger partial charge in [0.2, 0.25) is 5.91 Å². The van der Waals surface area contributed by atoms with E-state index in [1.165, 1.54) is 24.3 Å². The van der Waals surface area contributed by atoms with Crippen molar-refractivity contribution in [1.82, 2.24) is 4.98 Å². The number of carbonyl (C=O) groups is 1. The maximum atomic E-state index is 13.1. The predicted molar refractivity (Wildman–Crippen MR) is 108 cm³/mol.